The van der Waals surface area contributed by atoms with Gasteiger partial charge in [-0.1, -0.05) is 18.2 Å². The standard InChI is InChI=1S/C24H31N5OS/c30-21(11-7-14-27-12-4-5-13-27)28-15-6-8-19(18-28)22-23-29(16-17-31-23)24(26-22)25-20-9-2-1-3-10-20/h1-3,9-10,16-17,19H,4-8,11-15,18H2,(H,25,26)/t19-/m0/s1. The smallest absolute Gasteiger partial charge is 0.222 e. The van der Waals surface area contributed by atoms with Crippen molar-refractivity contribution in [3.63, 3.8) is 0 Å². The topological polar surface area (TPSA) is 52.9 Å². The Hall–Kier alpha value is -2.38. The molecule has 7 heteroatoms. The van der Waals surface area contributed by atoms with Gasteiger partial charge in [-0.05, 0) is 63.9 Å². The normalized spacial score (nSPS) is 19.9. The van der Waals surface area contributed by atoms with Gasteiger partial charge in [-0.3, -0.25) is 9.20 Å². The van der Waals surface area contributed by atoms with Gasteiger partial charge in [0.25, 0.3) is 0 Å². The maximum atomic E-state index is 12.9. The zero-order chi connectivity index (χ0) is 21.0. The number of hydrogen-bond donors (Lipinski definition) is 1. The first kappa shape index (κ1) is 20.5. The number of rotatable bonds is 7. The number of anilines is 2. The van der Waals surface area contributed by atoms with Crippen LogP contribution < -0.4 is 5.32 Å². The van der Waals surface area contributed by atoms with Crippen LogP contribution in [-0.2, 0) is 4.79 Å². The zero-order valence-corrected chi connectivity index (χ0v) is 18.8. The molecule has 6 nitrogen and oxygen atoms in total. The second-order valence-corrected chi connectivity index (χ2v) is 9.62. The van der Waals surface area contributed by atoms with E-state index in [1.54, 1.807) is 11.3 Å². The van der Waals surface area contributed by atoms with Gasteiger partial charge in [-0.25, -0.2) is 4.98 Å². The second kappa shape index (κ2) is 9.40. The largest absolute Gasteiger partial charge is 0.342 e. The predicted octanol–water partition coefficient (Wildman–Crippen LogP) is 4.72. The Morgan fingerprint density at radius 2 is 1.97 bits per heavy atom. The Bertz CT molecular complexity index is 1010. The van der Waals surface area contributed by atoms with Gasteiger partial charge in [0.1, 0.15) is 4.83 Å². The Morgan fingerprint density at radius 1 is 1.13 bits per heavy atom. The van der Waals surface area contributed by atoms with Crippen LogP contribution in [-0.4, -0.2) is 57.8 Å². The molecule has 0 spiro atoms. The van der Waals surface area contributed by atoms with Crippen LogP contribution in [0.15, 0.2) is 41.9 Å². The summed E-state index contributed by atoms with van der Waals surface area (Å²) < 4.78 is 2.14. The van der Waals surface area contributed by atoms with Gasteiger partial charge in [-0.15, -0.1) is 11.3 Å². The van der Waals surface area contributed by atoms with Crippen LogP contribution in [0.25, 0.3) is 4.83 Å². The molecule has 0 unspecified atom stereocenters. The summed E-state index contributed by atoms with van der Waals surface area (Å²) in [5.74, 6) is 1.47. The number of hydrogen-bond acceptors (Lipinski definition) is 5. The van der Waals surface area contributed by atoms with Crippen LogP contribution in [0.1, 0.15) is 50.1 Å². The van der Waals surface area contributed by atoms with Gasteiger partial charge in [0, 0.05) is 42.7 Å². The number of nitrogens with one attached hydrogen (secondary N) is 1. The molecule has 2 aliphatic rings. The highest BCUT2D eigenvalue weighted by Gasteiger charge is 2.29. The number of amides is 1. The lowest BCUT2D eigenvalue weighted by Crippen LogP contribution is -2.39. The fourth-order valence-electron chi connectivity index (χ4n) is 4.90. The molecule has 2 aliphatic heterocycles. The van der Waals surface area contributed by atoms with E-state index in [1.165, 1.54) is 30.8 Å². The quantitative estimate of drug-likeness (QED) is 0.581. The molecule has 4 heterocycles. The number of imidazole rings is 1. The average Bonchev–Trinajstić information content (AvgIpc) is 3.54. The van der Waals surface area contributed by atoms with E-state index < -0.39 is 0 Å². The summed E-state index contributed by atoms with van der Waals surface area (Å²) in [6.07, 6.45) is 8.48. The van der Waals surface area contributed by atoms with Crippen molar-refractivity contribution in [3.05, 3.63) is 47.6 Å². The van der Waals surface area contributed by atoms with Crippen LogP contribution in [0, 0.1) is 0 Å². The molecule has 0 radical (unpaired) electrons. The molecular formula is C24H31N5OS. The third-order valence-corrected chi connectivity index (χ3v) is 7.42. The van der Waals surface area contributed by atoms with Crippen molar-refractivity contribution in [2.24, 2.45) is 0 Å². The molecule has 31 heavy (non-hydrogen) atoms. The number of carbonyl (C=O) groups is 1. The van der Waals surface area contributed by atoms with Gasteiger partial charge in [0.2, 0.25) is 11.9 Å². The monoisotopic (exact) mass is 437 g/mol. The number of fused-ring (bicyclic) bond motifs is 1. The number of benzene rings is 1. The fourth-order valence-corrected chi connectivity index (χ4v) is 5.80. The van der Waals surface area contributed by atoms with E-state index in [0.29, 0.717) is 18.2 Å². The number of aromatic nitrogens is 2. The third-order valence-electron chi connectivity index (χ3n) is 6.54. The van der Waals surface area contributed by atoms with E-state index in [1.807, 2.05) is 18.2 Å². The molecule has 1 N–H and O–H groups in total. The predicted molar refractivity (Wildman–Crippen MR) is 126 cm³/mol. The van der Waals surface area contributed by atoms with Gasteiger partial charge in [0.05, 0.1) is 5.69 Å². The number of carbonyl (C=O) groups excluding carboxylic acids is 1. The maximum absolute atomic E-state index is 12.9. The minimum atomic E-state index is 0.302. The van der Waals surface area contributed by atoms with E-state index >= 15 is 0 Å². The Morgan fingerprint density at radius 3 is 2.81 bits per heavy atom. The van der Waals surface area contributed by atoms with Crippen LogP contribution in [0.3, 0.4) is 0 Å². The summed E-state index contributed by atoms with van der Waals surface area (Å²) in [6, 6.07) is 10.2. The first-order valence-electron chi connectivity index (χ1n) is 11.6. The highest BCUT2D eigenvalue weighted by atomic mass is 32.1. The Kier molecular flexibility index (Phi) is 6.22. The summed E-state index contributed by atoms with van der Waals surface area (Å²) in [7, 11) is 0. The summed E-state index contributed by atoms with van der Waals surface area (Å²) in [6.45, 7) is 5.15. The molecule has 2 saturated heterocycles. The van der Waals surface area contributed by atoms with Crippen molar-refractivity contribution >= 4 is 33.7 Å². The Balaban J connectivity index is 1.25. The van der Waals surface area contributed by atoms with Crippen molar-refractivity contribution in [2.45, 2.75) is 44.4 Å². The molecule has 0 aliphatic carbocycles. The molecular weight excluding hydrogens is 406 g/mol. The molecule has 3 aromatic rings. The van der Waals surface area contributed by atoms with E-state index in [-0.39, 0.29) is 0 Å². The molecule has 0 bridgehead atoms. The number of nitrogens with zero attached hydrogens (tertiary/aromatic N) is 4. The molecule has 164 valence electrons. The number of piperidine rings is 1. The lowest BCUT2D eigenvalue weighted by molar-refractivity contribution is -0.132. The van der Waals surface area contributed by atoms with Crippen molar-refractivity contribution < 1.29 is 4.79 Å². The average molecular weight is 438 g/mol. The summed E-state index contributed by atoms with van der Waals surface area (Å²) in [4.78, 5) is 23.6. The van der Waals surface area contributed by atoms with E-state index in [4.69, 9.17) is 4.98 Å². The summed E-state index contributed by atoms with van der Waals surface area (Å²) in [5.41, 5.74) is 2.16. The van der Waals surface area contributed by atoms with Crippen molar-refractivity contribution in [1.29, 1.82) is 0 Å². The number of thiazole rings is 1. The first-order valence-corrected chi connectivity index (χ1v) is 12.4. The van der Waals surface area contributed by atoms with Crippen molar-refractivity contribution in [3.8, 4) is 0 Å². The van der Waals surface area contributed by atoms with E-state index in [0.717, 1.165) is 56.2 Å². The van der Waals surface area contributed by atoms with Crippen LogP contribution in [0.2, 0.25) is 0 Å². The van der Waals surface area contributed by atoms with Gasteiger partial charge < -0.3 is 15.1 Å². The molecule has 5 rings (SSSR count). The van der Waals surface area contributed by atoms with Gasteiger partial charge >= 0.3 is 0 Å². The SMILES string of the molecule is O=C(CCCN1CCCC1)N1CCC[C@H](c2nc(Nc3ccccc3)n3ccsc23)C1. The molecule has 0 saturated carbocycles. The number of likely N-dealkylation sites (tertiary alicyclic amines) is 2. The molecule has 1 aromatic carbocycles. The van der Waals surface area contributed by atoms with Crippen LogP contribution in [0.5, 0.6) is 0 Å². The van der Waals surface area contributed by atoms with Crippen LogP contribution in [0.4, 0.5) is 11.6 Å². The van der Waals surface area contributed by atoms with Gasteiger partial charge in [-0.2, -0.15) is 0 Å². The minimum Gasteiger partial charge on any atom is -0.342 e. The second-order valence-electron chi connectivity index (χ2n) is 8.72. The molecule has 1 amide bonds. The summed E-state index contributed by atoms with van der Waals surface area (Å²) in [5, 5.41) is 5.57. The van der Waals surface area contributed by atoms with E-state index in [9.17, 15) is 4.79 Å². The molecule has 2 fully saturated rings. The third kappa shape index (κ3) is 4.62. The minimum absolute atomic E-state index is 0.302. The summed E-state index contributed by atoms with van der Waals surface area (Å²) >= 11 is 1.73. The van der Waals surface area contributed by atoms with E-state index in [2.05, 4.69) is 43.2 Å². The lowest BCUT2D eigenvalue weighted by atomic mass is 9.95. The van der Waals surface area contributed by atoms with Gasteiger partial charge in [0.15, 0.2) is 0 Å². The maximum Gasteiger partial charge on any atom is 0.222 e. The Labute approximate surface area is 187 Å². The lowest BCUT2D eigenvalue weighted by Gasteiger charge is -2.32. The first-order chi connectivity index (χ1) is 15.3. The fraction of sp³-hybridized carbons (Fsp3) is 0.500. The highest BCUT2D eigenvalue weighted by molar-refractivity contribution is 7.15. The van der Waals surface area contributed by atoms with Crippen molar-refractivity contribution in [2.75, 3.05) is 38.0 Å². The van der Waals surface area contributed by atoms with Crippen molar-refractivity contribution in [1.82, 2.24) is 19.2 Å². The zero-order valence-electron chi connectivity index (χ0n) is 18.0. The van der Waals surface area contributed by atoms with Crippen LogP contribution >= 0.6 is 11.3 Å². The number of para-hydroxylation sites is 1. The molecule has 1 atom stereocenters. The highest BCUT2D eigenvalue weighted by Crippen LogP contribution is 2.34. The molecule has 2 aromatic heterocycles.